The maximum Gasteiger partial charge on any atom is 0.326 e. The van der Waals surface area contributed by atoms with Crippen LogP contribution in [0, 0.1) is 5.92 Å². The Kier molecular flexibility index (Phi) is 4.88. The number of carbonyl (C=O) groups is 2. The summed E-state index contributed by atoms with van der Waals surface area (Å²) in [6.45, 7) is 4.24. The van der Waals surface area contributed by atoms with Gasteiger partial charge in [0.15, 0.2) is 0 Å². The second kappa shape index (κ2) is 6.65. The Labute approximate surface area is 124 Å². The van der Waals surface area contributed by atoms with Gasteiger partial charge in [-0.15, -0.1) is 0 Å². The van der Waals surface area contributed by atoms with E-state index in [4.69, 9.17) is 4.42 Å². The number of amides is 2. The number of hydrogen-bond donors (Lipinski definition) is 2. The average molecular weight is 294 g/mol. The summed E-state index contributed by atoms with van der Waals surface area (Å²) in [6, 6.07) is 2.59. The van der Waals surface area contributed by atoms with Crippen LogP contribution in [0.4, 0.5) is 4.79 Å². The van der Waals surface area contributed by atoms with Crippen LogP contribution in [0.5, 0.6) is 0 Å². The first kappa shape index (κ1) is 15.4. The van der Waals surface area contributed by atoms with Crippen LogP contribution in [0.3, 0.4) is 0 Å². The molecule has 0 spiro atoms. The van der Waals surface area contributed by atoms with Gasteiger partial charge < -0.3 is 19.7 Å². The Morgan fingerprint density at radius 3 is 2.67 bits per heavy atom. The summed E-state index contributed by atoms with van der Waals surface area (Å²) >= 11 is 0. The maximum atomic E-state index is 12.4. The third kappa shape index (κ3) is 4.51. The van der Waals surface area contributed by atoms with E-state index in [0.717, 1.165) is 12.8 Å². The number of urea groups is 1. The molecule has 1 aromatic heterocycles. The van der Waals surface area contributed by atoms with Crippen LogP contribution in [-0.2, 0) is 11.3 Å². The van der Waals surface area contributed by atoms with Gasteiger partial charge in [-0.1, -0.05) is 13.8 Å². The van der Waals surface area contributed by atoms with E-state index in [1.807, 2.05) is 19.9 Å². The molecule has 0 aliphatic heterocycles. The average Bonchev–Trinajstić information content (AvgIpc) is 3.11. The van der Waals surface area contributed by atoms with Gasteiger partial charge in [0.05, 0.1) is 12.8 Å². The van der Waals surface area contributed by atoms with E-state index in [0.29, 0.717) is 18.7 Å². The lowest BCUT2D eigenvalue weighted by Gasteiger charge is -2.25. The van der Waals surface area contributed by atoms with Crippen LogP contribution < -0.4 is 5.32 Å². The van der Waals surface area contributed by atoms with Crippen molar-refractivity contribution >= 4 is 12.0 Å². The predicted molar refractivity (Wildman–Crippen MR) is 76.7 cm³/mol. The predicted octanol–water partition coefficient (Wildman–Crippen LogP) is 2.45. The Bertz CT molecular complexity index is 480. The fourth-order valence-corrected chi connectivity index (χ4v) is 2.25. The smallest absolute Gasteiger partial charge is 0.326 e. The summed E-state index contributed by atoms with van der Waals surface area (Å²) in [4.78, 5) is 25.3. The summed E-state index contributed by atoms with van der Waals surface area (Å²) in [7, 11) is 0. The third-order valence-corrected chi connectivity index (χ3v) is 3.46. The lowest BCUT2D eigenvalue weighted by Crippen LogP contribution is -2.48. The van der Waals surface area contributed by atoms with E-state index in [1.165, 1.54) is 0 Å². The third-order valence-electron chi connectivity index (χ3n) is 3.46. The van der Waals surface area contributed by atoms with Gasteiger partial charge in [0.1, 0.15) is 11.8 Å². The zero-order valence-electron chi connectivity index (χ0n) is 12.4. The minimum Gasteiger partial charge on any atom is -0.480 e. The fraction of sp³-hybridized carbons (Fsp3) is 0.600. The Balaban J connectivity index is 1.99. The summed E-state index contributed by atoms with van der Waals surface area (Å²) in [5, 5.41) is 11.8. The van der Waals surface area contributed by atoms with Gasteiger partial charge in [0, 0.05) is 6.04 Å². The Morgan fingerprint density at radius 2 is 2.19 bits per heavy atom. The topological polar surface area (TPSA) is 82.8 Å². The van der Waals surface area contributed by atoms with Crippen LogP contribution in [0.2, 0.25) is 0 Å². The molecule has 2 N–H and O–H groups in total. The molecule has 1 atom stereocenters. The highest BCUT2D eigenvalue weighted by molar-refractivity contribution is 5.82. The fourth-order valence-electron chi connectivity index (χ4n) is 2.25. The summed E-state index contributed by atoms with van der Waals surface area (Å²) in [5.74, 6) is -0.0931. The SMILES string of the molecule is CC(C)CC(NC(=O)N(Cc1ccco1)C1CC1)C(=O)O. The first-order chi connectivity index (χ1) is 9.97. The second-order valence-corrected chi connectivity index (χ2v) is 5.91. The quantitative estimate of drug-likeness (QED) is 0.809. The van der Waals surface area contributed by atoms with Crippen LogP contribution in [0.1, 0.15) is 38.9 Å². The highest BCUT2D eigenvalue weighted by atomic mass is 16.4. The molecular weight excluding hydrogens is 272 g/mol. The number of rotatable bonds is 7. The van der Waals surface area contributed by atoms with E-state index < -0.39 is 12.0 Å². The van der Waals surface area contributed by atoms with Crippen molar-refractivity contribution in [2.45, 2.75) is 51.7 Å². The summed E-state index contributed by atoms with van der Waals surface area (Å²) < 4.78 is 5.27. The zero-order valence-corrected chi connectivity index (χ0v) is 12.4. The molecule has 6 nitrogen and oxygen atoms in total. The van der Waals surface area contributed by atoms with Crippen LogP contribution >= 0.6 is 0 Å². The number of nitrogens with zero attached hydrogens (tertiary/aromatic N) is 1. The Morgan fingerprint density at radius 1 is 1.48 bits per heavy atom. The van der Waals surface area contributed by atoms with E-state index in [9.17, 15) is 14.7 Å². The van der Waals surface area contributed by atoms with Crippen LogP contribution in [-0.4, -0.2) is 34.1 Å². The number of hydrogen-bond acceptors (Lipinski definition) is 3. The molecule has 1 aliphatic carbocycles. The molecule has 0 saturated heterocycles. The minimum atomic E-state index is -0.995. The number of aliphatic carboxylic acids is 1. The highest BCUT2D eigenvalue weighted by Gasteiger charge is 2.34. The molecule has 116 valence electrons. The highest BCUT2D eigenvalue weighted by Crippen LogP contribution is 2.28. The van der Waals surface area contributed by atoms with Crippen molar-refractivity contribution in [3.05, 3.63) is 24.2 Å². The normalized spacial score (nSPS) is 15.8. The number of furan rings is 1. The molecule has 0 bridgehead atoms. The van der Waals surface area contributed by atoms with Crippen LogP contribution in [0.25, 0.3) is 0 Å². The molecule has 0 aromatic carbocycles. The molecule has 1 fully saturated rings. The lowest BCUT2D eigenvalue weighted by molar-refractivity contribution is -0.139. The molecule has 0 radical (unpaired) electrons. The van der Waals surface area contributed by atoms with E-state index >= 15 is 0 Å². The molecule has 1 aliphatic rings. The van der Waals surface area contributed by atoms with Gasteiger partial charge in [0.2, 0.25) is 0 Å². The molecular formula is C15H22N2O4. The first-order valence-electron chi connectivity index (χ1n) is 7.29. The molecule has 21 heavy (non-hydrogen) atoms. The number of nitrogens with one attached hydrogen (secondary N) is 1. The molecule has 1 saturated carbocycles. The number of carboxylic acids is 1. The monoisotopic (exact) mass is 294 g/mol. The largest absolute Gasteiger partial charge is 0.480 e. The van der Waals surface area contributed by atoms with E-state index in [1.54, 1.807) is 17.2 Å². The number of carboxylic acid groups (broad SMARTS) is 1. The van der Waals surface area contributed by atoms with Gasteiger partial charge in [0.25, 0.3) is 0 Å². The van der Waals surface area contributed by atoms with Crippen molar-refractivity contribution in [2.24, 2.45) is 5.92 Å². The van der Waals surface area contributed by atoms with Gasteiger partial charge in [-0.25, -0.2) is 9.59 Å². The van der Waals surface area contributed by atoms with E-state index in [2.05, 4.69) is 5.32 Å². The van der Waals surface area contributed by atoms with Crippen molar-refractivity contribution in [3.8, 4) is 0 Å². The van der Waals surface area contributed by atoms with Crippen LogP contribution in [0.15, 0.2) is 22.8 Å². The van der Waals surface area contributed by atoms with Crippen molar-refractivity contribution in [1.29, 1.82) is 0 Å². The minimum absolute atomic E-state index is 0.184. The second-order valence-electron chi connectivity index (χ2n) is 5.91. The van der Waals surface area contributed by atoms with Crippen molar-refractivity contribution in [1.82, 2.24) is 10.2 Å². The molecule has 2 rings (SSSR count). The molecule has 1 unspecified atom stereocenters. The van der Waals surface area contributed by atoms with Crippen molar-refractivity contribution in [3.63, 3.8) is 0 Å². The van der Waals surface area contributed by atoms with Gasteiger partial charge >= 0.3 is 12.0 Å². The maximum absolute atomic E-state index is 12.4. The van der Waals surface area contributed by atoms with Gasteiger partial charge in [-0.2, -0.15) is 0 Å². The summed E-state index contributed by atoms with van der Waals surface area (Å²) in [5.41, 5.74) is 0. The molecule has 1 aromatic rings. The van der Waals surface area contributed by atoms with Gasteiger partial charge in [-0.3, -0.25) is 0 Å². The number of carbonyl (C=O) groups excluding carboxylic acids is 1. The van der Waals surface area contributed by atoms with Gasteiger partial charge in [-0.05, 0) is 37.3 Å². The summed E-state index contributed by atoms with van der Waals surface area (Å²) in [6.07, 6.45) is 3.89. The van der Waals surface area contributed by atoms with Crippen molar-refractivity contribution < 1.29 is 19.1 Å². The standard InChI is InChI=1S/C15H22N2O4/c1-10(2)8-13(14(18)19)16-15(20)17(11-5-6-11)9-12-4-3-7-21-12/h3-4,7,10-11,13H,5-6,8-9H2,1-2H3,(H,16,20)(H,18,19). The zero-order chi connectivity index (χ0) is 15.4. The first-order valence-corrected chi connectivity index (χ1v) is 7.29. The molecule has 6 heteroatoms. The molecule has 2 amide bonds. The molecule has 1 heterocycles. The van der Waals surface area contributed by atoms with E-state index in [-0.39, 0.29) is 18.0 Å². The van der Waals surface area contributed by atoms with Crippen molar-refractivity contribution in [2.75, 3.05) is 0 Å². The lowest BCUT2D eigenvalue weighted by atomic mass is 10.0. The Hall–Kier alpha value is -1.98.